The van der Waals surface area contributed by atoms with E-state index in [0.29, 0.717) is 29.7 Å². The van der Waals surface area contributed by atoms with Crippen molar-refractivity contribution in [3.8, 4) is 0 Å². The third-order valence-electron chi connectivity index (χ3n) is 5.18. The Kier molecular flexibility index (Phi) is 6.93. The summed E-state index contributed by atoms with van der Waals surface area (Å²) in [5.74, 6) is -0.838. The molecule has 0 saturated carbocycles. The molecule has 1 aliphatic heterocycles. The average molecular weight is 464 g/mol. The van der Waals surface area contributed by atoms with E-state index < -0.39 is 10.0 Å². The Hall–Kier alpha value is -2.56. The van der Waals surface area contributed by atoms with E-state index in [0.717, 1.165) is 11.3 Å². The summed E-state index contributed by atoms with van der Waals surface area (Å²) in [5, 5.41) is 4.37. The first-order valence-electron chi connectivity index (χ1n) is 9.82. The molecular weight excluding hydrogens is 438 g/mol. The Bertz CT molecular complexity index is 1100. The Balaban J connectivity index is 1.62. The van der Waals surface area contributed by atoms with Crippen molar-refractivity contribution >= 4 is 44.6 Å². The minimum Gasteiger partial charge on any atom is -0.345 e. The van der Waals surface area contributed by atoms with Crippen LogP contribution >= 0.6 is 11.3 Å². The van der Waals surface area contributed by atoms with Gasteiger partial charge in [0.05, 0.1) is 5.56 Å². The van der Waals surface area contributed by atoms with Crippen molar-refractivity contribution in [3.63, 3.8) is 0 Å². The maximum atomic E-state index is 12.9. The van der Waals surface area contributed by atoms with Crippen LogP contribution in [0.2, 0.25) is 0 Å². The molecule has 1 fully saturated rings. The molecule has 2 heterocycles. The van der Waals surface area contributed by atoms with Crippen LogP contribution in [0.1, 0.15) is 40.5 Å². The minimum absolute atomic E-state index is 0.0846. The van der Waals surface area contributed by atoms with E-state index in [9.17, 15) is 22.8 Å². The van der Waals surface area contributed by atoms with Crippen LogP contribution in [-0.4, -0.2) is 62.4 Å². The minimum atomic E-state index is -3.71. The van der Waals surface area contributed by atoms with Crippen LogP contribution in [0.15, 0.2) is 39.9 Å². The van der Waals surface area contributed by atoms with Crippen LogP contribution in [0.3, 0.4) is 0 Å². The number of piperidine rings is 1. The normalized spacial score (nSPS) is 15.5. The molecule has 0 unspecified atom stereocenters. The predicted octanol–water partition coefficient (Wildman–Crippen LogP) is 2.69. The van der Waals surface area contributed by atoms with Gasteiger partial charge in [-0.05, 0) is 38.0 Å². The molecule has 2 aromatic rings. The average Bonchev–Trinajstić information content (AvgIpc) is 3.24. The number of Topliss-reactive ketones (excluding diaryl/α,β-unsaturated/α-hetero) is 1. The van der Waals surface area contributed by atoms with Crippen LogP contribution in [0.4, 0.5) is 5.69 Å². The van der Waals surface area contributed by atoms with Crippen LogP contribution in [0.5, 0.6) is 0 Å². The van der Waals surface area contributed by atoms with Crippen molar-refractivity contribution in [2.45, 2.75) is 24.0 Å². The van der Waals surface area contributed by atoms with Gasteiger partial charge in [0.15, 0.2) is 5.78 Å². The SMILES string of the molecule is CC(=O)c1cccc(NC(=O)C2CCN(S(=O)(=O)c3cc(C(=O)N(C)C)cs3)CC2)c1. The smallest absolute Gasteiger partial charge is 0.254 e. The van der Waals surface area contributed by atoms with Gasteiger partial charge in [-0.15, -0.1) is 11.3 Å². The predicted molar refractivity (Wildman–Crippen MR) is 119 cm³/mol. The lowest BCUT2D eigenvalue weighted by Gasteiger charge is -2.30. The lowest BCUT2D eigenvalue weighted by atomic mass is 9.97. The molecule has 31 heavy (non-hydrogen) atoms. The van der Waals surface area contributed by atoms with E-state index in [1.165, 1.54) is 22.2 Å². The van der Waals surface area contributed by atoms with Crippen molar-refractivity contribution in [2.75, 3.05) is 32.5 Å². The molecule has 0 aliphatic carbocycles. The first-order valence-corrected chi connectivity index (χ1v) is 12.1. The van der Waals surface area contributed by atoms with Gasteiger partial charge in [0.25, 0.3) is 15.9 Å². The van der Waals surface area contributed by atoms with Crippen molar-refractivity contribution in [3.05, 3.63) is 46.8 Å². The zero-order valence-electron chi connectivity index (χ0n) is 17.6. The molecule has 1 N–H and O–H groups in total. The molecular formula is C21H25N3O5S2. The number of hydrogen-bond donors (Lipinski definition) is 1. The second-order valence-electron chi connectivity index (χ2n) is 7.66. The molecule has 8 nitrogen and oxygen atoms in total. The summed E-state index contributed by atoms with van der Waals surface area (Å²) < 4.78 is 27.4. The number of sulfonamides is 1. The summed E-state index contributed by atoms with van der Waals surface area (Å²) in [5.41, 5.74) is 1.40. The van der Waals surface area contributed by atoms with E-state index in [2.05, 4.69) is 5.32 Å². The highest BCUT2D eigenvalue weighted by Crippen LogP contribution is 2.29. The molecule has 1 aromatic carbocycles. The number of anilines is 1. The molecule has 3 rings (SSSR count). The summed E-state index contributed by atoms with van der Waals surface area (Å²) in [7, 11) is -0.489. The highest BCUT2D eigenvalue weighted by molar-refractivity contribution is 7.91. The molecule has 166 valence electrons. The molecule has 10 heteroatoms. The fourth-order valence-corrected chi connectivity index (χ4v) is 6.14. The topological polar surface area (TPSA) is 104 Å². The summed E-state index contributed by atoms with van der Waals surface area (Å²) >= 11 is 1.02. The largest absolute Gasteiger partial charge is 0.345 e. The van der Waals surface area contributed by atoms with Crippen molar-refractivity contribution in [2.24, 2.45) is 5.92 Å². The maximum Gasteiger partial charge on any atom is 0.254 e. The van der Waals surface area contributed by atoms with Gasteiger partial charge in [-0.3, -0.25) is 14.4 Å². The van der Waals surface area contributed by atoms with Gasteiger partial charge in [-0.2, -0.15) is 4.31 Å². The number of nitrogens with one attached hydrogen (secondary N) is 1. The number of thiophene rings is 1. The Morgan fingerprint density at radius 2 is 1.77 bits per heavy atom. The molecule has 1 saturated heterocycles. The summed E-state index contributed by atoms with van der Waals surface area (Å²) in [6.45, 7) is 1.91. The van der Waals surface area contributed by atoms with E-state index in [1.807, 2.05) is 0 Å². The number of nitrogens with zero attached hydrogens (tertiary/aromatic N) is 2. The van der Waals surface area contributed by atoms with Gasteiger partial charge in [0.2, 0.25) is 5.91 Å². The number of amides is 2. The van der Waals surface area contributed by atoms with E-state index in [-0.39, 0.29) is 40.8 Å². The number of carbonyl (C=O) groups excluding carboxylic acids is 3. The van der Waals surface area contributed by atoms with E-state index >= 15 is 0 Å². The van der Waals surface area contributed by atoms with Crippen LogP contribution in [-0.2, 0) is 14.8 Å². The van der Waals surface area contributed by atoms with Crippen LogP contribution < -0.4 is 5.32 Å². The third kappa shape index (κ3) is 5.20. The van der Waals surface area contributed by atoms with Crippen LogP contribution in [0.25, 0.3) is 0 Å². The Morgan fingerprint density at radius 1 is 1.10 bits per heavy atom. The standard InChI is InChI=1S/C21H25N3O5S2/c1-14(25)16-5-4-6-18(11-16)22-20(26)15-7-9-24(10-8-15)31(28,29)19-12-17(13-30-19)21(27)23(2)3/h4-6,11-13,15H,7-10H2,1-3H3,(H,22,26). The second kappa shape index (κ2) is 9.29. The van der Waals surface area contributed by atoms with Crippen LogP contribution in [0, 0.1) is 5.92 Å². The van der Waals surface area contributed by atoms with E-state index in [4.69, 9.17) is 0 Å². The van der Waals surface area contributed by atoms with Gasteiger partial charge in [0, 0.05) is 49.7 Å². The molecule has 0 bridgehead atoms. The molecule has 2 amide bonds. The number of carbonyl (C=O) groups is 3. The number of benzene rings is 1. The number of hydrogen-bond acceptors (Lipinski definition) is 6. The van der Waals surface area contributed by atoms with Gasteiger partial charge in [-0.25, -0.2) is 8.42 Å². The zero-order chi connectivity index (χ0) is 22.8. The lowest BCUT2D eigenvalue weighted by Crippen LogP contribution is -2.41. The lowest BCUT2D eigenvalue weighted by molar-refractivity contribution is -0.120. The molecule has 0 atom stereocenters. The fraction of sp³-hybridized carbons (Fsp3) is 0.381. The third-order valence-corrected chi connectivity index (χ3v) is 8.50. The summed E-state index contributed by atoms with van der Waals surface area (Å²) in [6.07, 6.45) is 0.790. The maximum absolute atomic E-state index is 12.9. The number of rotatable bonds is 6. The van der Waals surface area contributed by atoms with E-state index in [1.54, 1.807) is 43.7 Å². The quantitative estimate of drug-likeness (QED) is 0.664. The highest BCUT2D eigenvalue weighted by Gasteiger charge is 2.33. The zero-order valence-corrected chi connectivity index (χ0v) is 19.3. The fourth-order valence-electron chi connectivity index (χ4n) is 3.37. The molecule has 1 aliphatic rings. The van der Waals surface area contributed by atoms with Crippen molar-refractivity contribution < 1.29 is 22.8 Å². The second-order valence-corrected chi connectivity index (χ2v) is 10.7. The molecule has 0 radical (unpaired) electrons. The highest BCUT2D eigenvalue weighted by atomic mass is 32.2. The van der Waals surface area contributed by atoms with Crippen molar-refractivity contribution in [1.82, 2.24) is 9.21 Å². The monoisotopic (exact) mass is 463 g/mol. The van der Waals surface area contributed by atoms with Crippen molar-refractivity contribution in [1.29, 1.82) is 0 Å². The van der Waals surface area contributed by atoms with Gasteiger partial charge in [0.1, 0.15) is 4.21 Å². The Morgan fingerprint density at radius 3 is 2.39 bits per heavy atom. The summed E-state index contributed by atoms with van der Waals surface area (Å²) in [6, 6.07) is 8.14. The first kappa shape index (κ1) is 23.1. The van der Waals surface area contributed by atoms with Gasteiger partial charge < -0.3 is 10.2 Å². The molecule has 1 aromatic heterocycles. The molecule has 0 spiro atoms. The number of ketones is 1. The van der Waals surface area contributed by atoms with Gasteiger partial charge >= 0.3 is 0 Å². The first-order chi connectivity index (χ1) is 14.6. The van der Waals surface area contributed by atoms with Gasteiger partial charge in [-0.1, -0.05) is 12.1 Å². The summed E-state index contributed by atoms with van der Waals surface area (Å²) in [4.78, 5) is 37.6. The Labute approximate surface area is 185 Å².